The fraction of sp³-hybridized carbons (Fsp3) is 0.400. The van der Waals surface area contributed by atoms with Gasteiger partial charge in [-0.05, 0) is 30.3 Å². The first kappa shape index (κ1) is 12.5. The second kappa shape index (κ2) is 4.96. The molecule has 0 aromatic heterocycles. The van der Waals surface area contributed by atoms with Gasteiger partial charge in [0.05, 0.1) is 4.90 Å². The zero-order valence-corrected chi connectivity index (χ0v) is 10.3. The van der Waals surface area contributed by atoms with E-state index in [2.05, 4.69) is 5.32 Å². The van der Waals surface area contributed by atoms with Crippen molar-refractivity contribution in [3.63, 3.8) is 0 Å². The summed E-state index contributed by atoms with van der Waals surface area (Å²) in [4.78, 5) is 0.341. The summed E-state index contributed by atoms with van der Waals surface area (Å²) in [6.07, 6.45) is 1.20. The molecular weight excluding hydrogens is 234 g/mol. The van der Waals surface area contributed by atoms with Crippen molar-refractivity contribution in [3.8, 4) is 0 Å². The van der Waals surface area contributed by atoms with E-state index in [-0.39, 0.29) is 0 Å². The maximum absolute atomic E-state index is 11.5. The van der Waals surface area contributed by atoms with Crippen LogP contribution in [0.3, 0.4) is 0 Å². The highest BCUT2D eigenvalue weighted by molar-refractivity contribution is 7.90. The Bertz CT molecular complexity index is 443. The molecule has 0 amide bonds. The molecule has 5 heteroatoms. The van der Waals surface area contributed by atoms with Crippen molar-refractivity contribution in [2.45, 2.75) is 18.4 Å². The smallest absolute Gasteiger partial charge is 0.175 e. The fourth-order valence-electron chi connectivity index (χ4n) is 1.31. The van der Waals surface area contributed by atoms with Crippen molar-refractivity contribution in [2.24, 2.45) is 0 Å². The van der Waals surface area contributed by atoms with Crippen LogP contribution in [-0.4, -0.2) is 21.2 Å². The van der Waals surface area contributed by atoms with Crippen molar-refractivity contribution in [1.29, 1.82) is 0 Å². The molecule has 3 nitrogen and oxygen atoms in total. The normalized spacial score (nSPS) is 11.7. The van der Waals surface area contributed by atoms with Gasteiger partial charge in [-0.3, -0.25) is 0 Å². The molecule has 0 unspecified atom stereocenters. The van der Waals surface area contributed by atoms with E-state index in [1.54, 1.807) is 18.2 Å². The Morgan fingerprint density at radius 1 is 1.40 bits per heavy atom. The van der Waals surface area contributed by atoms with Crippen LogP contribution in [0.25, 0.3) is 0 Å². The Morgan fingerprint density at radius 3 is 2.60 bits per heavy atom. The predicted octanol–water partition coefficient (Wildman–Crippen LogP) is 1.85. The molecule has 0 fully saturated rings. The van der Waals surface area contributed by atoms with Gasteiger partial charge >= 0.3 is 0 Å². The molecule has 1 aromatic rings. The van der Waals surface area contributed by atoms with Gasteiger partial charge in [0.2, 0.25) is 0 Å². The lowest BCUT2D eigenvalue weighted by Crippen LogP contribution is -2.14. The summed E-state index contributed by atoms with van der Waals surface area (Å²) in [5, 5.41) is 3.63. The Balaban J connectivity index is 3.15. The first-order valence-corrected chi connectivity index (χ1v) is 6.91. The summed E-state index contributed by atoms with van der Waals surface area (Å²) in [5.41, 5.74) is 0.715. The maximum atomic E-state index is 11.5. The zero-order chi connectivity index (χ0) is 11.5. The fourth-order valence-corrected chi connectivity index (χ4v) is 2.42. The highest BCUT2D eigenvalue weighted by atomic mass is 35.5. The molecule has 0 bridgehead atoms. The number of rotatable bonds is 4. The van der Waals surface area contributed by atoms with Crippen LogP contribution in [0.5, 0.6) is 0 Å². The van der Waals surface area contributed by atoms with Crippen LogP contribution in [0, 0.1) is 0 Å². The van der Waals surface area contributed by atoms with E-state index in [1.165, 1.54) is 6.26 Å². The van der Waals surface area contributed by atoms with E-state index in [0.29, 0.717) is 22.0 Å². The first-order valence-electron chi connectivity index (χ1n) is 4.64. The second-order valence-electron chi connectivity index (χ2n) is 3.30. The molecule has 1 rings (SSSR count). The van der Waals surface area contributed by atoms with Gasteiger partial charge in [-0.25, -0.2) is 8.42 Å². The van der Waals surface area contributed by atoms with Gasteiger partial charge in [0.25, 0.3) is 0 Å². The lowest BCUT2D eigenvalue weighted by molar-refractivity contribution is 0.599. The van der Waals surface area contributed by atoms with Crippen LogP contribution < -0.4 is 5.32 Å². The molecule has 84 valence electrons. The highest BCUT2D eigenvalue weighted by Gasteiger charge is 2.12. The maximum Gasteiger partial charge on any atom is 0.175 e. The van der Waals surface area contributed by atoms with Crippen LogP contribution in [-0.2, 0) is 16.4 Å². The molecule has 0 spiro atoms. The molecule has 0 heterocycles. The predicted molar refractivity (Wildman–Crippen MR) is 61.9 cm³/mol. The van der Waals surface area contributed by atoms with Crippen molar-refractivity contribution >= 4 is 21.4 Å². The Hall–Kier alpha value is -0.580. The van der Waals surface area contributed by atoms with Crippen molar-refractivity contribution in [3.05, 3.63) is 28.8 Å². The minimum absolute atomic E-state index is 0.341. The van der Waals surface area contributed by atoms with E-state index in [9.17, 15) is 8.42 Å². The van der Waals surface area contributed by atoms with E-state index in [4.69, 9.17) is 11.6 Å². The average molecular weight is 248 g/mol. The summed E-state index contributed by atoms with van der Waals surface area (Å²) in [6.45, 7) is 3.26. The number of benzene rings is 1. The molecule has 0 aliphatic rings. The molecular formula is C10H14ClNO2S. The zero-order valence-electron chi connectivity index (χ0n) is 8.75. The van der Waals surface area contributed by atoms with Gasteiger partial charge in [0.1, 0.15) is 0 Å². The Kier molecular flexibility index (Phi) is 4.13. The highest BCUT2D eigenvalue weighted by Crippen LogP contribution is 2.20. The van der Waals surface area contributed by atoms with Crippen LogP contribution in [0.1, 0.15) is 12.5 Å². The van der Waals surface area contributed by atoms with Crippen LogP contribution >= 0.6 is 11.6 Å². The molecule has 1 aromatic carbocycles. The summed E-state index contributed by atoms with van der Waals surface area (Å²) >= 11 is 5.82. The quantitative estimate of drug-likeness (QED) is 0.883. The SMILES string of the molecule is CCNCc1cc(Cl)ccc1S(C)(=O)=O. The molecule has 0 aliphatic carbocycles. The van der Waals surface area contributed by atoms with E-state index >= 15 is 0 Å². The van der Waals surface area contributed by atoms with Gasteiger partial charge in [-0.1, -0.05) is 18.5 Å². The molecule has 0 radical (unpaired) electrons. The third-order valence-electron chi connectivity index (χ3n) is 1.99. The van der Waals surface area contributed by atoms with Crippen LogP contribution in [0.2, 0.25) is 5.02 Å². The van der Waals surface area contributed by atoms with Crippen LogP contribution in [0.15, 0.2) is 23.1 Å². The largest absolute Gasteiger partial charge is 0.313 e. The molecule has 0 aliphatic heterocycles. The second-order valence-corrected chi connectivity index (χ2v) is 5.73. The van der Waals surface area contributed by atoms with E-state index in [0.717, 1.165) is 6.54 Å². The number of halogens is 1. The third-order valence-corrected chi connectivity index (χ3v) is 3.42. The van der Waals surface area contributed by atoms with E-state index < -0.39 is 9.84 Å². The Labute approximate surface area is 95.4 Å². The standard InChI is InChI=1S/C10H14ClNO2S/c1-3-12-7-8-6-9(11)4-5-10(8)15(2,13)14/h4-6,12H,3,7H2,1-2H3. The molecule has 0 saturated carbocycles. The number of nitrogens with one attached hydrogen (secondary N) is 1. The number of sulfone groups is 1. The van der Waals surface area contributed by atoms with Gasteiger partial charge in [-0.2, -0.15) is 0 Å². The lowest BCUT2D eigenvalue weighted by Gasteiger charge is -2.08. The monoisotopic (exact) mass is 247 g/mol. The molecule has 0 saturated heterocycles. The van der Waals surface area contributed by atoms with Gasteiger partial charge in [0, 0.05) is 17.8 Å². The molecule has 1 N–H and O–H groups in total. The van der Waals surface area contributed by atoms with Crippen molar-refractivity contribution < 1.29 is 8.42 Å². The average Bonchev–Trinajstić information content (AvgIpc) is 2.12. The number of hydrogen-bond acceptors (Lipinski definition) is 3. The molecule has 0 atom stereocenters. The topological polar surface area (TPSA) is 46.2 Å². The first-order chi connectivity index (χ1) is 6.95. The summed E-state index contributed by atoms with van der Waals surface area (Å²) in [5.74, 6) is 0. The number of hydrogen-bond donors (Lipinski definition) is 1. The van der Waals surface area contributed by atoms with Crippen molar-refractivity contribution in [2.75, 3.05) is 12.8 Å². The van der Waals surface area contributed by atoms with Gasteiger partial charge in [-0.15, -0.1) is 0 Å². The minimum atomic E-state index is -3.18. The van der Waals surface area contributed by atoms with E-state index in [1.807, 2.05) is 6.92 Å². The van der Waals surface area contributed by atoms with Gasteiger partial charge < -0.3 is 5.32 Å². The minimum Gasteiger partial charge on any atom is -0.313 e. The summed E-state index contributed by atoms with van der Waals surface area (Å²) in [7, 11) is -3.18. The summed E-state index contributed by atoms with van der Waals surface area (Å²) < 4.78 is 22.9. The lowest BCUT2D eigenvalue weighted by atomic mass is 10.2. The van der Waals surface area contributed by atoms with Crippen molar-refractivity contribution in [1.82, 2.24) is 5.32 Å². The Morgan fingerprint density at radius 2 is 2.07 bits per heavy atom. The van der Waals surface area contributed by atoms with Gasteiger partial charge in [0.15, 0.2) is 9.84 Å². The van der Waals surface area contributed by atoms with Crippen LogP contribution in [0.4, 0.5) is 0 Å². The summed E-state index contributed by atoms with van der Waals surface area (Å²) in [6, 6.07) is 4.82. The third kappa shape index (κ3) is 3.48. The molecule has 15 heavy (non-hydrogen) atoms.